The summed E-state index contributed by atoms with van der Waals surface area (Å²) in [5, 5.41) is 12.0. The molecule has 2 heterocycles. The summed E-state index contributed by atoms with van der Waals surface area (Å²) in [7, 11) is 0. The highest BCUT2D eigenvalue weighted by atomic mass is 16.4. The van der Waals surface area contributed by atoms with Crippen LogP contribution in [0.2, 0.25) is 0 Å². The minimum Gasteiger partial charge on any atom is -0.411 e. The van der Waals surface area contributed by atoms with E-state index in [1.54, 1.807) is 0 Å². The van der Waals surface area contributed by atoms with Crippen LogP contribution in [0.4, 0.5) is 5.95 Å². The molecule has 1 saturated heterocycles. The summed E-state index contributed by atoms with van der Waals surface area (Å²) < 4.78 is 0. The minimum atomic E-state index is 0.407. The van der Waals surface area contributed by atoms with Crippen LogP contribution >= 0.6 is 0 Å². The quantitative estimate of drug-likeness (QED) is 0.644. The van der Waals surface area contributed by atoms with Crippen molar-refractivity contribution in [3.05, 3.63) is 17.5 Å². The zero-order valence-corrected chi connectivity index (χ0v) is 11.2. The van der Waals surface area contributed by atoms with Crippen molar-refractivity contribution < 1.29 is 5.21 Å². The van der Waals surface area contributed by atoms with Gasteiger partial charge in [0.2, 0.25) is 5.95 Å². The summed E-state index contributed by atoms with van der Waals surface area (Å²) in [5.74, 6) is 1.21. The molecule has 0 spiro atoms. The summed E-state index contributed by atoms with van der Waals surface area (Å²) in [4.78, 5) is 11.3. The Morgan fingerprint density at radius 3 is 2.50 bits per heavy atom. The topological polar surface area (TPSA) is 61.6 Å². The Morgan fingerprint density at radius 1 is 1.28 bits per heavy atom. The number of aromatic nitrogens is 2. The van der Waals surface area contributed by atoms with Crippen LogP contribution in [0.3, 0.4) is 0 Å². The Morgan fingerprint density at radius 2 is 1.94 bits per heavy atom. The summed E-state index contributed by atoms with van der Waals surface area (Å²) in [6, 6.07) is 2.04. The summed E-state index contributed by atoms with van der Waals surface area (Å²) in [5.41, 5.74) is 2.95. The summed E-state index contributed by atoms with van der Waals surface area (Å²) in [6.07, 6.45) is 1.57. The molecule has 0 aromatic carbocycles. The first-order valence-corrected chi connectivity index (χ1v) is 6.40. The predicted molar refractivity (Wildman–Crippen MR) is 71.5 cm³/mol. The van der Waals surface area contributed by atoms with Crippen molar-refractivity contribution in [2.75, 3.05) is 18.0 Å². The molecule has 0 aliphatic carbocycles. The van der Waals surface area contributed by atoms with Crippen LogP contribution in [0.1, 0.15) is 44.0 Å². The van der Waals surface area contributed by atoms with Gasteiger partial charge in [-0.2, -0.15) is 0 Å². The largest absolute Gasteiger partial charge is 0.411 e. The molecule has 1 N–H and O–H groups in total. The molecule has 0 radical (unpaired) electrons. The molecule has 1 aliphatic heterocycles. The van der Waals surface area contributed by atoms with Gasteiger partial charge >= 0.3 is 0 Å². The lowest BCUT2D eigenvalue weighted by molar-refractivity contribution is 0.315. The van der Waals surface area contributed by atoms with Gasteiger partial charge in [-0.05, 0) is 18.9 Å². The van der Waals surface area contributed by atoms with Gasteiger partial charge in [-0.3, -0.25) is 0 Å². The molecule has 5 nitrogen and oxygen atoms in total. The maximum absolute atomic E-state index is 8.75. The number of nitrogens with zero attached hydrogens (tertiary/aromatic N) is 4. The lowest BCUT2D eigenvalue weighted by atomic mass is 10.1. The second-order valence-electron chi connectivity index (χ2n) is 5.04. The molecule has 0 saturated carbocycles. The number of aryl methyl sites for hydroxylation is 1. The first kappa shape index (κ1) is 12.8. The molecule has 1 fully saturated rings. The van der Waals surface area contributed by atoms with Crippen LogP contribution in [-0.4, -0.2) is 34.0 Å². The number of hydrogen-bond donors (Lipinski definition) is 1. The van der Waals surface area contributed by atoms with Gasteiger partial charge in [0, 0.05) is 37.3 Å². The van der Waals surface area contributed by atoms with E-state index < -0.39 is 0 Å². The van der Waals surface area contributed by atoms with Gasteiger partial charge in [0.05, 0.1) is 5.71 Å². The number of rotatable bonds is 2. The van der Waals surface area contributed by atoms with Gasteiger partial charge in [-0.25, -0.2) is 9.97 Å². The molecule has 1 aromatic rings. The van der Waals surface area contributed by atoms with E-state index in [1.807, 2.05) is 13.0 Å². The highest BCUT2D eigenvalue weighted by molar-refractivity contribution is 5.85. The summed E-state index contributed by atoms with van der Waals surface area (Å²) >= 11 is 0. The lowest BCUT2D eigenvalue weighted by Gasteiger charge is -2.27. The van der Waals surface area contributed by atoms with Crippen LogP contribution < -0.4 is 4.90 Å². The fourth-order valence-electron chi connectivity index (χ4n) is 2.08. The van der Waals surface area contributed by atoms with E-state index in [1.165, 1.54) is 0 Å². The number of hydrogen-bond acceptors (Lipinski definition) is 5. The van der Waals surface area contributed by atoms with Crippen molar-refractivity contribution in [3.63, 3.8) is 0 Å². The van der Waals surface area contributed by atoms with E-state index in [9.17, 15) is 0 Å². The summed E-state index contributed by atoms with van der Waals surface area (Å²) in [6.45, 7) is 7.92. The van der Waals surface area contributed by atoms with Gasteiger partial charge in [-0.15, -0.1) is 0 Å². The maximum atomic E-state index is 8.75. The van der Waals surface area contributed by atoms with E-state index in [4.69, 9.17) is 5.21 Å². The van der Waals surface area contributed by atoms with Crippen LogP contribution in [0.25, 0.3) is 0 Å². The molecule has 0 atom stereocenters. The molecule has 5 heteroatoms. The number of oxime groups is 1. The molecule has 0 bridgehead atoms. The Hall–Kier alpha value is -1.65. The molecular weight excluding hydrogens is 228 g/mol. The highest BCUT2D eigenvalue weighted by Gasteiger charge is 2.18. The van der Waals surface area contributed by atoms with Crippen molar-refractivity contribution >= 4 is 11.7 Å². The smallest absolute Gasteiger partial charge is 0.225 e. The molecule has 1 aromatic heterocycles. The predicted octanol–water partition coefficient (Wildman–Crippen LogP) is 2.34. The third-order valence-corrected chi connectivity index (χ3v) is 3.22. The SMILES string of the molecule is Cc1cc(C(C)C)nc(N2CCC(=NO)CC2)n1. The highest BCUT2D eigenvalue weighted by Crippen LogP contribution is 2.19. The zero-order chi connectivity index (χ0) is 13.1. The third kappa shape index (κ3) is 2.78. The van der Waals surface area contributed by atoms with Gasteiger partial charge < -0.3 is 10.1 Å². The van der Waals surface area contributed by atoms with E-state index in [-0.39, 0.29) is 0 Å². The van der Waals surface area contributed by atoms with Crippen molar-refractivity contribution in [1.29, 1.82) is 0 Å². The van der Waals surface area contributed by atoms with Crippen molar-refractivity contribution in [2.45, 2.75) is 39.5 Å². The van der Waals surface area contributed by atoms with Crippen LogP contribution in [0, 0.1) is 6.92 Å². The van der Waals surface area contributed by atoms with Gasteiger partial charge in [0.25, 0.3) is 0 Å². The molecule has 2 rings (SSSR count). The van der Waals surface area contributed by atoms with Gasteiger partial charge in [0.15, 0.2) is 0 Å². The average Bonchev–Trinajstić information content (AvgIpc) is 2.38. The molecule has 0 amide bonds. The monoisotopic (exact) mass is 248 g/mol. The Labute approximate surface area is 108 Å². The van der Waals surface area contributed by atoms with E-state index in [2.05, 4.69) is 33.9 Å². The van der Waals surface area contributed by atoms with E-state index in [0.717, 1.165) is 49.0 Å². The van der Waals surface area contributed by atoms with Crippen molar-refractivity contribution in [2.24, 2.45) is 5.16 Å². The minimum absolute atomic E-state index is 0.407. The molecular formula is C13H20N4O. The van der Waals surface area contributed by atoms with Crippen LogP contribution in [0.5, 0.6) is 0 Å². The fourth-order valence-corrected chi connectivity index (χ4v) is 2.08. The third-order valence-electron chi connectivity index (χ3n) is 3.22. The Balaban J connectivity index is 2.18. The van der Waals surface area contributed by atoms with E-state index >= 15 is 0 Å². The lowest BCUT2D eigenvalue weighted by Crippen LogP contribution is -2.35. The second kappa shape index (κ2) is 5.33. The second-order valence-corrected chi connectivity index (χ2v) is 5.04. The Bertz CT molecular complexity index is 446. The van der Waals surface area contributed by atoms with Gasteiger partial charge in [-0.1, -0.05) is 19.0 Å². The number of piperidine rings is 1. The Kier molecular flexibility index (Phi) is 3.79. The zero-order valence-electron chi connectivity index (χ0n) is 11.2. The maximum Gasteiger partial charge on any atom is 0.225 e. The molecule has 18 heavy (non-hydrogen) atoms. The molecule has 0 unspecified atom stereocenters. The molecule has 1 aliphatic rings. The van der Waals surface area contributed by atoms with Gasteiger partial charge in [0.1, 0.15) is 0 Å². The standard InChI is InChI=1S/C13H20N4O/c1-9(2)12-8-10(3)14-13(15-12)17-6-4-11(16-18)5-7-17/h8-9,18H,4-7H2,1-3H3. The first-order chi connectivity index (χ1) is 8.60. The van der Waals surface area contributed by atoms with Crippen LogP contribution in [0.15, 0.2) is 11.2 Å². The average molecular weight is 248 g/mol. The first-order valence-electron chi connectivity index (χ1n) is 6.40. The fraction of sp³-hybridized carbons (Fsp3) is 0.615. The number of anilines is 1. The van der Waals surface area contributed by atoms with Crippen molar-refractivity contribution in [3.8, 4) is 0 Å². The molecule has 98 valence electrons. The van der Waals surface area contributed by atoms with Crippen molar-refractivity contribution in [1.82, 2.24) is 9.97 Å². The van der Waals surface area contributed by atoms with E-state index in [0.29, 0.717) is 5.92 Å². The normalized spacial score (nSPS) is 16.2. The van der Waals surface area contributed by atoms with Crippen LogP contribution in [-0.2, 0) is 0 Å².